The van der Waals surface area contributed by atoms with Gasteiger partial charge in [0.1, 0.15) is 5.82 Å². The molecule has 0 aliphatic carbocycles. The Balaban J connectivity index is 1.52. The molecular weight excluding hydrogens is 328 g/mol. The maximum absolute atomic E-state index is 12.3. The number of amides is 1. The summed E-state index contributed by atoms with van der Waals surface area (Å²) < 4.78 is 5.08. The second-order valence-corrected chi connectivity index (χ2v) is 6.63. The van der Waals surface area contributed by atoms with Crippen molar-refractivity contribution in [3.8, 4) is 0 Å². The molecule has 26 heavy (non-hydrogen) atoms. The van der Waals surface area contributed by atoms with Gasteiger partial charge in [0.15, 0.2) is 0 Å². The highest BCUT2D eigenvalue weighted by Crippen LogP contribution is 2.13. The minimum absolute atomic E-state index is 0.0860. The molecule has 1 aliphatic rings. The third-order valence-corrected chi connectivity index (χ3v) is 4.62. The number of rotatable bonds is 6. The number of nitrogens with one attached hydrogen (secondary N) is 1. The highest BCUT2D eigenvalue weighted by Gasteiger charge is 2.15. The summed E-state index contributed by atoms with van der Waals surface area (Å²) in [7, 11) is 3.80. The van der Waals surface area contributed by atoms with Gasteiger partial charge in [-0.2, -0.15) is 0 Å². The summed E-state index contributed by atoms with van der Waals surface area (Å²) in [4.78, 5) is 21.4. The molecule has 0 unspecified atom stereocenters. The largest absolute Gasteiger partial charge is 0.380 e. The molecule has 1 N–H and O–H groups in total. The van der Waals surface area contributed by atoms with Crippen molar-refractivity contribution < 1.29 is 9.53 Å². The average Bonchev–Trinajstić information content (AvgIpc) is 2.68. The third-order valence-electron chi connectivity index (χ3n) is 4.62. The number of benzene rings is 1. The molecule has 138 valence electrons. The van der Waals surface area contributed by atoms with Crippen LogP contribution in [0.2, 0.25) is 0 Å². The molecule has 1 saturated heterocycles. The van der Waals surface area contributed by atoms with E-state index in [1.54, 1.807) is 7.11 Å². The third kappa shape index (κ3) is 4.80. The first-order valence-electron chi connectivity index (χ1n) is 8.90. The zero-order chi connectivity index (χ0) is 18.4. The molecule has 1 amide bonds. The Labute approximate surface area is 154 Å². The van der Waals surface area contributed by atoms with Crippen molar-refractivity contribution >= 4 is 11.7 Å². The number of hydrogen-bond donors (Lipinski definition) is 1. The molecule has 0 saturated carbocycles. The summed E-state index contributed by atoms with van der Waals surface area (Å²) in [6.07, 6.45) is 1.84. The molecule has 0 spiro atoms. The van der Waals surface area contributed by atoms with E-state index >= 15 is 0 Å². The Morgan fingerprint density at radius 3 is 2.38 bits per heavy atom. The lowest BCUT2D eigenvalue weighted by atomic mass is 10.1. The number of pyridine rings is 1. The smallest absolute Gasteiger partial charge is 0.251 e. The maximum atomic E-state index is 12.3. The van der Waals surface area contributed by atoms with Crippen LogP contribution in [0.1, 0.15) is 21.5 Å². The number of ether oxygens (including phenoxy) is 1. The molecule has 0 bridgehead atoms. The fourth-order valence-electron chi connectivity index (χ4n) is 2.95. The Morgan fingerprint density at radius 2 is 1.77 bits per heavy atom. The minimum atomic E-state index is -0.0860. The van der Waals surface area contributed by atoms with Crippen LogP contribution in [-0.2, 0) is 17.9 Å². The topological polar surface area (TPSA) is 57.7 Å². The van der Waals surface area contributed by atoms with Gasteiger partial charge in [0.05, 0.1) is 6.61 Å². The van der Waals surface area contributed by atoms with Crippen LogP contribution in [0.4, 0.5) is 5.82 Å². The number of hydrogen-bond acceptors (Lipinski definition) is 5. The van der Waals surface area contributed by atoms with Crippen LogP contribution in [0, 0.1) is 0 Å². The molecule has 1 aromatic heterocycles. The van der Waals surface area contributed by atoms with Gasteiger partial charge in [0, 0.05) is 51.6 Å². The number of carbonyl (C=O) groups is 1. The van der Waals surface area contributed by atoms with E-state index in [0.29, 0.717) is 18.7 Å². The predicted octanol–water partition coefficient (Wildman–Crippen LogP) is 1.91. The molecule has 0 atom stereocenters. The van der Waals surface area contributed by atoms with Gasteiger partial charge in [0.25, 0.3) is 5.91 Å². The van der Waals surface area contributed by atoms with Gasteiger partial charge in [-0.15, -0.1) is 0 Å². The molecule has 6 heteroatoms. The zero-order valence-corrected chi connectivity index (χ0v) is 15.4. The number of nitrogens with zero attached hydrogens (tertiary/aromatic N) is 3. The Kier molecular flexibility index (Phi) is 6.20. The van der Waals surface area contributed by atoms with Crippen molar-refractivity contribution in [2.45, 2.75) is 13.2 Å². The SMILES string of the molecule is COCc1ccc(C(=O)NCc2ccc(N3CCN(C)CC3)nc2)cc1. The number of carbonyl (C=O) groups excluding carboxylic acids is 1. The van der Waals surface area contributed by atoms with Crippen molar-refractivity contribution in [1.82, 2.24) is 15.2 Å². The van der Waals surface area contributed by atoms with Crippen molar-refractivity contribution in [1.29, 1.82) is 0 Å². The normalized spacial score (nSPS) is 15.1. The Bertz CT molecular complexity index is 708. The maximum Gasteiger partial charge on any atom is 0.251 e. The first kappa shape index (κ1) is 18.4. The van der Waals surface area contributed by atoms with E-state index in [1.165, 1.54) is 0 Å². The van der Waals surface area contributed by atoms with Gasteiger partial charge in [-0.3, -0.25) is 4.79 Å². The number of likely N-dealkylation sites (N-methyl/N-ethyl adjacent to an activating group) is 1. The van der Waals surface area contributed by atoms with Gasteiger partial charge in [-0.25, -0.2) is 4.98 Å². The molecule has 6 nitrogen and oxygen atoms in total. The van der Waals surface area contributed by atoms with Gasteiger partial charge in [-0.05, 0) is 36.4 Å². The fraction of sp³-hybridized carbons (Fsp3) is 0.400. The van der Waals surface area contributed by atoms with E-state index in [4.69, 9.17) is 4.74 Å². The van der Waals surface area contributed by atoms with Gasteiger partial charge in [0.2, 0.25) is 0 Å². The van der Waals surface area contributed by atoms with Crippen molar-refractivity contribution in [3.63, 3.8) is 0 Å². The summed E-state index contributed by atoms with van der Waals surface area (Å²) in [5.41, 5.74) is 2.69. The van der Waals surface area contributed by atoms with Crippen molar-refractivity contribution in [2.75, 3.05) is 45.2 Å². The summed E-state index contributed by atoms with van der Waals surface area (Å²) in [5.74, 6) is 0.916. The van der Waals surface area contributed by atoms with E-state index < -0.39 is 0 Å². The van der Waals surface area contributed by atoms with Crippen LogP contribution in [0.25, 0.3) is 0 Å². The number of anilines is 1. The Hall–Kier alpha value is -2.44. The van der Waals surface area contributed by atoms with Gasteiger partial charge >= 0.3 is 0 Å². The van der Waals surface area contributed by atoms with Crippen LogP contribution in [-0.4, -0.2) is 56.1 Å². The van der Waals surface area contributed by atoms with E-state index in [2.05, 4.69) is 27.1 Å². The number of methoxy groups -OCH3 is 1. The zero-order valence-electron chi connectivity index (χ0n) is 15.4. The van der Waals surface area contributed by atoms with Crippen LogP contribution < -0.4 is 10.2 Å². The highest BCUT2D eigenvalue weighted by atomic mass is 16.5. The molecule has 0 radical (unpaired) electrons. The number of aromatic nitrogens is 1. The lowest BCUT2D eigenvalue weighted by molar-refractivity contribution is 0.0951. The lowest BCUT2D eigenvalue weighted by Crippen LogP contribution is -2.44. The molecule has 1 aliphatic heterocycles. The summed E-state index contributed by atoms with van der Waals surface area (Å²) in [6.45, 7) is 5.13. The molecular formula is C20H26N4O2. The van der Waals surface area contributed by atoms with Crippen LogP contribution in [0.15, 0.2) is 42.6 Å². The quantitative estimate of drug-likeness (QED) is 0.859. The minimum Gasteiger partial charge on any atom is -0.380 e. The van der Waals surface area contributed by atoms with Gasteiger partial charge < -0.3 is 19.9 Å². The standard InChI is InChI=1S/C20H26N4O2/c1-23-9-11-24(12-10-23)19-8-5-17(13-21-19)14-22-20(25)18-6-3-16(4-7-18)15-26-2/h3-8,13H,9-12,14-15H2,1-2H3,(H,22,25). The molecule has 2 aromatic rings. The van der Waals surface area contributed by atoms with Crippen LogP contribution >= 0.6 is 0 Å². The summed E-state index contributed by atoms with van der Waals surface area (Å²) >= 11 is 0. The first-order valence-corrected chi connectivity index (χ1v) is 8.90. The Morgan fingerprint density at radius 1 is 1.08 bits per heavy atom. The van der Waals surface area contributed by atoms with Gasteiger partial charge in [-0.1, -0.05) is 18.2 Å². The van der Waals surface area contributed by atoms with E-state index in [0.717, 1.165) is 43.1 Å². The molecule has 3 rings (SSSR count). The monoisotopic (exact) mass is 354 g/mol. The van der Waals surface area contributed by atoms with Crippen LogP contribution in [0.3, 0.4) is 0 Å². The molecule has 1 fully saturated rings. The fourth-order valence-corrected chi connectivity index (χ4v) is 2.95. The molecule has 2 heterocycles. The van der Waals surface area contributed by atoms with Crippen molar-refractivity contribution in [2.24, 2.45) is 0 Å². The highest BCUT2D eigenvalue weighted by molar-refractivity contribution is 5.94. The second kappa shape index (κ2) is 8.78. The average molecular weight is 354 g/mol. The lowest BCUT2D eigenvalue weighted by Gasteiger charge is -2.33. The predicted molar refractivity (Wildman–Crippen MR) is 102 cm³/mol. The second-order valence-electron chi connectivity index (χ2n) is 6.63. The summed E-state index contributed by atoms with van der Waals surface area (Å²) in [5, 5.41) is 2.94. The van der Waals surface area contributed by atoms with Crippen LogP contribution in [0.5, 0.6) is 0 Å². The first-order chi connectivity index (χ1) is 12.7. The molecule has 1 aromatic carbocycles. The summed E-state index contributed by atoms with van der Waals surface area (Å²) in [6, 6.07) is 11.5. The van der Waals surface area contributed by atoms with Crippen molar-refractivity contribution in [3.05, 3.63) is 59.3 Å². The number of piperazine rings is 1. The van der Waals surface area contributed by atoms with E-state index in [9.17, 15) is 4.79 Å². The van der Waals surface area contributed by atoms with E-state index in [-0.39, 0.29) is 5.91 Å². The van der Waals surface area contributed by atoms with E-state index in [1.807, 2.05) is 42.6 Å².